The molecule has 0 radical (unpaired) electrons. The van der Waals surface area contributed by atoms with Gasteiger partial charge in [-0.2, -0.15) is 5.10 Å². The van der Waals surface area contributed by atoms with Gasteiger partial charge in [0.05, 0.1) is 30.3 Å². The number of nitrogens with two attached hydrogens (primary N) is 1. The molecule has 1 saturated carbocycles. The van der Waals surface area contributed by atoms with Crippen LogP contribution in [0, 0.1) is 0 Å². The number of hydrogen-bond donors (Lipinski definition) is 2. The zero-order valence-electron chi connectivity index (χ0n) is 23.8. The number of methoxy groups -OCH3 is 1. The van der Waals surface area contributed by atoms with Crippen molar-refractivity contribution in [3.05, 3.63) is 54.4 Å². The lowest BCUT2D eigenvalue weighted by molar-refractivity contribution is 0.0815. The van der Waals surface area contributed by atoms with Gasteiger partial charge >= 0.3 is 0 Å². The number of ether oxygens (including phenoxy) is 2. The standard InChI is InChI=1S/C31H38N8O2/c1-37-13-15-38(16-14-37)21-8-10-22(11-9-21)39-31-28(30(32)33-19-34-31)29(36-39)20-7-12-24(27(17-20)40-2)35-25-18-41-26-6-4-3-5-23(25)26/h3-7,12,17,19,21-22,25,35H,8-11,13-16,18H2,1-2H3,(H2,32,33,34)/t21-,22-,25?. The second-order valence-corrected chi connectivity index (χ2v) is 11.5. The molecule has 10 heteroatoms. The van der Waals surface area contributed by atoms with Gasteiger partial charge in [-0.1, -0.05) is 24.3 Å². The summed E-state index contributed by atoms with van der Waals surface area (Å²) in [6.07, 6.45) is 6.05. The molecule has 2 fully saturated rings. The highest BCUT2D eigenvalue weighted by Crippen LogP contribution is 2.41. The van der Waals surface area contributed by atoms with Gasteiger partial charge in [0.2, 0.25) is 0 Å². The van der Waals surface area contributed by atoms with E-state index >= 15 is 0 Å². The van der Waals surface area contributed by atoms with E-state index in [1.165, 1.54) is 12.8 Å². The van der Waals surface area contributed by atoms with E-state index in [1.807, 2.05) is 30.3 Å². The van der Waals surface area contributed by atoms with Gasteiger partial charge in [0.25, 0.3) is 0 Å². The van der Waals surface area contributed by atoms with Gasteiger partial charge in [0.15, 0.2) is 5.65 Å². The molecule has 3 N–H and O–H groups in total. The van der Waals surface area contributed by atoms with Crippen LogP contribution in [0.15, 0.2) is 48.8 Å². The second-order valence-electron chi connectivity index (χ2n) is 11.5. The Balaban J connectivity index is 1.15. The summed E-state index contributed by atoms with van der Waals surface area (Å²) in [5, 5.41) is 9.55. The Kier molecular flexibility index (Phi) is 6.88. The Morgan fingerprint density at radius 2 is 1.76 bits per heavy atom. The van der Waals surface area contributed by atoms with Crippen LogP contribution in [0.25, 0.3) is 22.3 Å². The van der Waals surface area contributed by atoms with Crippen LogP contribution in [0.3, 0.4) is 0 Å². The Bertz CT molecular complexity index is 1540. The Morgan fingerprint density at radius 1 is 0.976 bits per heavy atom. The molecule has 1 atom stereocenters. The van der Waals surface area contributed by atoms with Crippen molar-refractivity contribution in [1.29, 1.82) is 0 Å². The van der Waals surface area contributed by atoms with E-state index in [9.17, 15) is 0 Å². The largest absolute Gasteiger partial charge is 0.495 e. The molecule has 2 aromatic heterocycles. The molecule has 7 rings (SSSR count). The smallest absolute Gasteiger partial charge is 0.164 e. The molecular weight excluding hydrogens is 516 g/mol. The lowest BCUT2D eigenvalue weighted by Gasteiger charge is -2.41. The number of para-hydroxylation sites is 1. The summed E-state index contributed by atoms with van der Waals surface area (Å²) in [6.45, 7) is 5.21. The van der Waals surface area contributed by atoms with Crippen molar-refractivity contribution in [2.24, 2.45) is 0 Å². The Labute approximate surface area is 240 Å². The first kappa shape index (κ1) is 26.0. The summed E-state index contributed by atoms with van der Waals surface area (Å²) < 4.78 is 13.8. The number of nitrogens with zero attached hydrogens (tertiary/aromatic N) is 6. The average Bonchev–Trinajstić information content (AvgIpc) is 3.61. The van der Waals surface area contributed by atoms with Gasteiger partial charge in [-0.05, 0) is 50.9 Å². The van der Waals surface area contributed by atoms with Crippen LogP contribution in [0.4, 0.5) is 11.5 Å². The fourth-order valence-corrected chi connectivity index (χ4v) is 6.73. The summed E-state index contributed by atoms with van der Waals surface area (Å²) in [6, 6.07) is 15.3. The molecule has 41 heavy (non-hydrogen) atoms. The number of piperazine rings is 1. The number of likely N-dealkylation sites (N-methyl/N-ethyl adjacent to an activating group) is 1. The van der Waals surface area contributed by atoms with Gasteiger partial charge in [-0.25, -0.2) is 14.6 Å². The third-order valence-electron chi connectivity index (χ3n) is 9.09. The molecule has 4 aromatic rings. The first-order chi connectivity index (χ1) is 20.1. The third-order valence-corrected chi connectivity index (χ3v) is 9.09. The maximum atomic E-state index is 6.45. The van der Waals surface area contributed by atoms with Crippen LogP contribution in [0.2, 0.25) is 0 Å². The number of nitrogens with one attached hydrogen (secondary N) is 1. The van der Waals surface area contributed by atoms with E-state index < -0.39 is 0 Å². The minimum absolute atomic E-state index is 0.0519. The number of aromatic nitrogens is 4. The summed E-state index contributed by atoms with van der Waals surface area (Å²) >= 11 is 0. The van der Waals surface area contributed by atoms with Crippen molar-refractivity contribution in [2.75, 3.05) is 58.0 Å². The summed E-state index contributed by atoms with van der Waals surface area (Å²) in [5.74, 6) is 2.10. The molecule has 10 nitrogen and oxygen atoms in total. The zero-order valence-corrected chi connectivity index (χ0v) is 23.8. The molecule has 2 aromatic carbocycles. The van der Waals surface area contributed by atoms with Crippen molar-refractivity contribution in [3.63, 3.8) is 0 Å². The third kappa shape index (κ3) is 4.85. The summed E-state index contributed by atoms with van der Waals surface area (Å²) in [7, 11) is 3.90. The van der Waals surface area contributed by atoms with Crippen molar-refractivity contribution in [1.82, 2.24) is 29.5 Å². The molecule has 4 heterocycles. The van der Waals surface area contributed by atoms with Crippen molar-refractivity contribution >= 4 is 22.5 Å². The van der Waals surface area contributed by atoms with Crippen molar-refractivity contribution in [3.8, 4) is 22.8 Å². The molecule has 2 aliphatic heterocycles. The monoisotopic (exact) mass is 554 g/mol. The van der Waals surface area contributed by atoms with Crippen LogP contribution < -0.4 is 20.5 Å². The van der Waals surface area contributed by atoms with Crippen molar-refractivity contribution < 1.29 is 9.47 Å². The highest BCUT2D eigenvalue weighted by atomic mass is 16.5. The molecule has 0 bridgehead atoms. The second kappa shape index (κ2) is 10.8. The van der Waals surface area contributed by atoms with Crippen LogP contribution >= 0.6 is 0 Å². The van der Waals surface area contributed by atoms with E-state index in [4.69, 9.17) is 20.3 Å². The van der Waals surface area contributed by atoms with Gasteiger partial charge in [0.1, 0.15) is 35.9 Å². The number of hydrogen-bond acceptors (Lipinski definition) is 9. The van der Waals surface area contributed by atoms with Crippen LogP contribution in [-0.4, -0.2) is 82.5 Å². The van der Waals surface area contributed by atoms with Gasteiger partial charge in [-0.3, -0.25) is 4.90 Å². The lowest BCUT2D eigenvalue weighted by Crippen LogP contribution is -2.49. The SMILES string of the molecule is COc1cc(-c2nn([C@H]3CC[C@H](N4CCN(C)CC4)CC3)c3ncnc(N)c23)ccc1NC1COc2ccccc21. The number of fused-ring (bicyclic) bond motifs is 2. The topological polar surface area (TPSA) is 107 Å². The van der Waals surface area contributed by atoms with E-state index in [1.54, 1.807) is 13.4 Å². The normalized spacial score (nSPS) is 23.3. The highest BCUT2D eigenvalue weighted by Gasteiger charge is 2.31. The number of rotatable bonds is 6. The van der Waals surface area contributed by atoms with Gasteiger partial charge in [-0.15, -0.1) is 0 Å². The van der Waals surface area contributed by atoms with Crippen LogP contribution in [0.1, 0.15) is 43.3 Å². The molecule has 1 aliphatic carbocycles. The van der Waals surface area contributed by atoms with Gasteiger partial charge in [0, 0.05) is 43.3 Å². The van der Waals surface area contributed by atoms with Crippen LogP contribution in [-0.2, 0) is 0 Å². The molecule has 1 unspecified atom stereocenters. The predicted octanol–water partition coefficient (Wildman–Crippen LogP) is 4.36. The average molecular weight is 555 g/mol. The molecule has 214 valence electrons. The zero-order chi connectivity index (χ0) is 27.9. The van der Waals surface area contributed by atoms with Gasteiger partial charge < -0.3 is 25.4 Å². The maximum absolute atomic E-state index is 6.45. The number of anilines is 2. The maximum Gasteiger partial charge on any atom is 0.164 e. The molecule has 0 amide bonds. The minimum atomic E-state index is 0.0519. The molecule has 1 saturated heterocycles. The van der Waals surface area contributed by atoms with E-state index in [0.29, 0.717) is 18.5 Å². The van der Waals surface area contributed by atoms with E-state index in [-0.39, 0.29) is 12.1 Å². The fraction of sp³-hybridized carbons (Fsp3) is 0.452. The fourth-order valence-electron chi connectivity index (χ4n) is 6.73. The molecule has 3 aliphatic rings. The first-order valence-electron chi connectivity index (χ1n) is 14.7. The Morgan fingerprint density at radius 3 is 2.56 bits per heavy atom. The van der Waals surface area contributed by atoms with Crippen LogP contribution in [0.5, 0.6) is 11.5 Å². The predicted molar refractivity (Wildman–Crippen MR) is 160 cm³/mol. The van der Waals surface area contributed by atoms with E-state index in [2.05, 4.69) is 48.9 Å². The molecule has 0 spiro atoms. The van der Waals surface area contributed by atoms with Crippen molar-refractivity contribution in [2.45, 2.75) is 43.8 Å². The number of benzene rings is 2. The summed E-state index contributed by atoms with van der Waals surface area (Å²) in [4.78, 5) is 14.1. The lowest BCUT2D eigenvalue weighted by atomic mass is 9.90. The summed E-state index contributed by atoms with van der Waals surface area (Å²) in [5.41, 5.74) is 11.0. The Hall–Kier alpha value is -3.89. The minimum Gasteiger partial charge on any atom is -0.495 e. The quantitative estimate of drug-likeness (QED) is 0.360. The van der Waals surface area contributed by atoms with E-state index in [0.717, 1.165) is 84.1 Å². The molecular formula is C31H38N8O2. The highest BCUT2D eigenvalue weighted by molar-refractivity contribution is 5.98. The number of nitrogen functional groups attached to an aromatic ring is 1. The first-order valence-corrected chi connectivity index (χ1v) is 14.7.